The Morgan fingerprint density at radius 2 is 1.69 bits per heavy atom. The molecule has 9 heteroatoms. The minimum atomic E-state index is -0.644. The number of amidine groups is 1. The summed E-state index contributed by atoms with van der Waals surface area (Å²) in [5.41, 5.74) is 7.39. The van der Waals surface area contributed by atoms with Gasteiger partial charge in [0.05, 0.1) is 6.54 Å². The first-order chi connectivity index (χ1) is 23.3. The van der Waals surface area contributed by atoms with Gasteiger partial charge in [0, 0.05) is 62.3 Å². The van der Waals surface area contributed by atoms with E-state index in [-0.39, 0.29) is 18.1 Å². The second-order valence-corrected chi connectivity index (χ2v) is 13.2. The molecule has 4 aromatic rings. The van der Waals surface area contributed by atoms with Crippen LogP contribution in [0.1, 0.15) is 51.0 Å². The first-order valence-electron chi connectivity index (χ1n) is 16.7. The van der Waals surface area contributed by atoms with Crippen LogP contribution in [0.15, 0.2) is 77.8 Å². The van der Waals surface area contributed by atoms with E-state index in [1.165, 1.54) is 12.1 Å². The van der Waals surface area contributed by atoms with E-state index in [1.807, 2.05) is 24.3 Å². The molecule has 0 atom stereocenters. The number of ether oxygens (including phenoxy) is 1. The maximum Gasteiger partial charge on any atom is 0.257 e. The Morgan fingerprint density at radius 1 is 0.917 bits per heavy atom. The molecule has 0 radical (unpaired) electrons. The third-order valence-electron chi connectivity index (χ3n) is 9.75. The van der Waals surface area contributed by atoms with E-state index >= 15 is 0 Å². The number of amides is 1. The minimum Gasteiger partial charge on any atom is -0.508 e. The monoisotopic (exact) mass is 650 g/mol. The summed E-state index contributed by atoms with van der Waals surface area (Å²) in [6, 6.07) is 20.6. The molecule has 3 heterocycles. The lowest BCUT2D eigenvalue weighted by molar-refractivity contribution is 0.0664. The van der Waals surface area contributed by atoms with Crippen LogP contribution in [-0.4, -0.2) is 68.2 Å². The zero-order valence-corrected chi connectivity index (χ0v) is 27.1. The quantitative estimate of drug-likeness (QED) is 0.244. The van der Waals surface area contributed by atoms with Crippen molar-refractivity contribution in [3.63, 3.8) is 0 Å². The highest BCUT2D eigenvalue weighted by Crippen LogP contribution is 2.34. The molecule has 0 bridgehead atoms. The van der Waals surface area contributed by atoms with Gasteiger partial charge in [0.2, 0.25) is 0 Å². The summed E-state index contributed by atoms with van der Waals surface area (Å²) >= 11 is 0. The number of carbonyl (C=O) groups is 1. The summed E-state index contributed by atoms with van der Waals surface area (Å²) in [6.07, 6.45) is 2.99. The van der Waals surface area contributed by atoms with E-state index in [0.29, 0.717) is 29.4 Å². The van der Waals surface area contributed by atoms with Gasteiger partial charge in [0.15, 0.2) is 0 Å². The van der Waals surface area contributed by atoms with Crippen molar-refractivity contribution in [3.05, 3.63) is 118 Å². The number of nitrogens with zero attached hydrogens (tertiary/aromatic N) is 3. The van der Waals surface area contributed by atoms with Crippen molar-refractivity contribution >= 4 is 17.4 Å². The van der Waals surface area contributed by atoms with E-state index < -0.39 is 11.6 Å². The SMILES string of the molecule is CN1CCN(c2ccc(C(=O)NC3=NCc4cc(-c5cccc(O)c5)c(Cc5cc(F)cc(F)c5)cc43)c(CC3CCOCC3)c2)CC1. The van der Waals surface area contributed by atoms with Crippen LogP contribution >= 0.6 is 0 Å². The third-order valence-corrected chi connectivity index (χ3v) is 9.75. The molecule has 4 aromatic carbocycles. The van der Waals surface area contributed by atoms with Gasteiger partial charge in [-0.2, -0.15) is 0 Å². The largest absolute Gasteiger partial charge is 0.508 e. The molecule has 0 saturated carbocycles. The van der Waals surface area contributed by atoms with Crippen LogP contribution in [0, 0.1) is 17.6 Å². The topological polar surface area (TPSA) is 77.4 Å². The molecule has 2 saturated heterocycles. The van der Waals surface area contributed by atoms with Crippen LogP contribution in [-0.2, 0) is 24.1 Å². The van der Waals surface area contributed by atoms with Crippen molar-refractivity contribution in [3.8, 4) is 16.9 Å². The zero-order valence-electron chi connectivity index (χ0n) is 27.1. The van der Waals surface area contributed by atoms with Gasteiger partial charge in [-0.15, -0.1) is 0 Å². The number of phenols is 1. The Morgan fingerprint density at radius 3 is 2.44 bits per heavy atom. The number of phenolic OH excluding ortho intramolecular Hbond substituents is 1. The molecule has 2 fully saturated rings. The van der Waals surface area contributed by atoms with Gasteiger partial charge in [0.1, 0.15) is 23.2 Å². The fourth-order valence-electron chi connectivity index (χ4n) is 7.09. The molecule has 2 N–H and O–H groups in total. The summed E-state index contributed by atoms with van der Waals surface area (Å²) in [7, 11) is 2.14. The Hall–Kier alpha value is -4.60. The fraction of sp³-hybridized carbons (Fsp3) is 0.333. The van der Waals surface area contributed by atoms with Gasteiger partial charge < -0.3 is 25.0 Å². The number of aromatic hydroxyl groups is 1. The number of piperazine rings is 1. The average Bonchev–Trinajstić information content (AvgIpc) is 3.45. The molecular formula is C39H40F2N4O3. The van der Waals surface area contributed by atoms with Crippen molar-refractivity contribution in [1.82, 2.24) is 10.2 Å². The molecule has 7 nitrogen and oxygen atoms in total. The number of nitrogens with one attached hydrogen (secondary N) is 1. The number of likely N-dealkylation sites (N-methyl/N-ethyl adjacent to an activating group) is 1. The normalized spacial score (nSPS) is 16.9. The average molecular weight is 651 g/mol. The number of benzene rings is 4. The summed E-state index contributed by atoms with van der Waals surface area (Å²) in [5.74, 6) is -0.452. The number of anilines is 1. The number of fused-ring (bicyclic) bond motifs is 1. The number of hydrogen-bond acceptors (Lipinski definition) is 6. The predicted octanol–water partition coefficient (Wildman–Crippen LogP) is 6.34. The molecule has 0 aliphatic carbocycles. The van der Waals surface area contributed by atoms with Crippen LogP contribution in [0.2, 0.25) is 0 Å². The van der Waals surface area contributed by atoms with Crippen LogP contribution in [0.25, 0.3) is 11.1 Å². The Bertz CT molecular complexity index is 1840. The maximum absolute atomic E-state index is 14.2. The molecule has 248 valence electrons. The van der Waals surface area contributed by atoms with Crippen molar-refractivity contribution in [2.75, 3.05) is 51.3 Å². The Balaban J connectivity index is 1.19. The van der Waals surface area contributed by atoms with E-state index in [4.69, 9.17) is 9.73 Å². The van der Waals surface area contributed by atoms with Gasteiger partial charge in [-0.05, 0) is 127 Å². The summed E-state index contributed by atoms with van der Waals surface area (Å²) in [5, 5.41) is 13.3. The Labute approximate surface area is 279 Å². The molecule has 3 aliphatic rings. The molecular weight excluding hydrogens is 610 g/mol. The van der Waals surface area contributed by atoms with E-state index in [1.54, 1.807) is 18.2 Å². The lowest BCUT2D eigenvalue weighted by Crippen LogP contribution is -2.44. The van der Waals surface area contributed by atoms with Crippen LogP contribution in [0.3, 0.4) is 0 Å². The van der Waals surface area contributed by atoms with Gasteiger partial charge in [-0.3, -0.25) is 9.79 Å². The second-order valence-electron chi connectivity index (χ2n) is 13.2. The number of halogens is 2. The van der Waals surface area contributed by atoms with Crippen molar-refractivity contribution in [1.29, 1.82) is 0 Å². The highest BCUT2D eigenvalue weighted by molar-refractivity contribution is 6.15. The lowest BCUT2D eigenvalue weighted by Gasteiger charge is -2.34. The standard InChI is InChI=1S/C39H40F2N4O3/c1-44-9-11-45(12-10-44)33-5-6-35(28(19-33)15-25-7-13-48-14-8-25)39(47)43-38-37-21-29(16-26-17-31(40)23-32(41)18-26)36(22-30(37)24-42-38)27-3-2-4-34(46)20-27/h2-6,17-23,25,46H,7-16,24H2,1H3,(H,42,43,47). The van der Waals surface area contributed by atoms with Crippen LogP contribution in [0.4, 0.5) is 14.5 Å². The smallest absolute Gasteiger partial charge is 0.257 e. The summed E-state index contributed by atoms with van der Waals surface area (Å²) in [4.78, 5) is 23.5. The van der Waals surface area contributed by atoms with Crippen LogP contribution in [0.5, 0.6) is 5.75 Å². The molecule has 0 aromatic heterocycles. The van der Waals surface area contributed by atoms with Gasteiger partial charge in [0.25, 0.3) is 5.91 Å². The first-order valence-corrected chi connectivity index (χ1v) is 16.7. The molecule has 0 unspecified atom stereocenters. The summed E-state index contributed by atoms with van der Waals surface area (Å²) < 4.78 is 33.9. The number of hydrogen-bond donors (Lipinski definition) is 2. The Kier molecular flexibility index (Phi) is 9.23. The number of rotatable bonds is 7. The van der Waals surface area contributed by atoms with Gasteiger partial charge in [-0.1, -0.05) is 12.1 Å². The first kappa shape index (κ1) is 32.0. The lowest BCUT2D eigenvalue weighted by atomic mass is 9.89. The molecule has 7 rings (SSSR count). The molecule has 1 amide bonds. The highest BCUT2D eigenvalue weighted by Gasteiger charge is 2.25. The highest BCUT2D eigenvalue weighted by atomic mass is 19.1. The van der Waals surface area contributed by atoms with E-state index in [2.05, 4.69) is 34.3 Å². The van der Waals surface area contributed by atoms with Gasteiger partial charge >= 0.3 is 0 Å². The van der Waals surface area contributed by atoms with Crippen molar-refractivity contribution in [2.24, 2.45) is 10.9 Å². The second kappa shape index (κ2) is 13.9. The fourth-order valence-corrected chi connectivity index (χ4v) is 7.09. The predicted molar refractivity (Wildman–Crippen MR) is 184 cm³/mol. The van der Waals surface area contributed by atoms with E-state index in [0.717, 1.165) is 104 Å². The van der Waals surface area contributed by atoms with Crippen molar-refractivity contribution < 1.29 is 23.4 Å². The number of carbonyl (C=O) groups excluding carboxylic acids is 1. The minimum absolute atomic E-state index is 0.121. The molecule has 3 aliphatic heterocycles. The van der Waals surface area contributed by atoms with Crippen molar-refractivity contribution in [2.45, 2.75) is 32.2 Å². The van der Waals surface area contributed by atoms with Gasteiger partial charge in [-0.25, -0.2) is 8.78 Å². The number of aliphatic imine (C=N–C) groups is 1. The van der Waals surface area contributed by atoms with E-state index in [9.17, 15) is 18.7 Å². The maximum atomic E-state index is 14.2. The van der Waals surface area contributed by atoms with Crippen LogP contribution < -0.4 is 10.2 Å². The molecule has 48 heavy (non-hydrogen) atoms. The summed E-state index contributed by atoms with van der Waals surface area (Å²) in [6.45, 7) is 5.76. The third kappa shape index (κ3) is 7.12. The molecule has 0 spiro atoms. The zero-order chi connectivity index (χ0) is 33.2.